The van der Waals surface area contributed by atoms with Crippen molar-refractivity contribution in [3.63, 3.8) is 0 Å². The van der Waals surface area contributed by atoms with Crippen LogP contribution >= 0.6 is 35.6 Å². The van der Waals surface area contributed by atoms with Crippen LogP contribution in [-0.4, -0.2) is 45.0 Å². The molecular formula is C15H19Cl3N2O4S. The number of benzene rings is 1. The van der Waals surface area contributed by atoms with Gasteiger partial charge in [-0.25, -0.2) is 8.42 Å². The summed E-state index contributed by atoms with van der Waals surface area (Å²) in [7, 11) is -3.56. The topological polar surface area (TPSA) is 84.5 Å². The molecule has 10 heteroatoms. The van der Waals surface area contributed by atoms with E-state index in [2.05, 4.69) is 10.6 Å². The molecule has 2 N–H and O–H groups in total. The van der Waals surface area contributed by atoms with Crippen LogP contribution in [0.4, 0.5) is 0 Å². The largest absolute Gasteiger partial charge is 0.489 e. The first kappa shape index (κ1) is 20.6. The summed E-state index contributed by atoms with van der Waals surface area (Å²) < 4.78 is 28.7. The number of sulfone groups is 1. The van der Waals surface area contributed by atoms with Crippen molar-refractivity contribution in [3.8, 4) is 5.75 Å². The molecule has 3 rings (SSSR count). The smallest absolute Gasteiger partial charge is 0.242 e. The molecule has 1 amide bonds. The van der Waals surface area contributed by atoms with E-state index < -0.39 is 26.5 Å². The van der Waals surface area contributed by atoms with Crippen molar-refractivity contribution < 1.29 is 17.9 Å². The maximum absolute atomic E-state index is 12.9. The van der Waals surface area contributed by atoms with Gasteiger partial charge in [-0.1, -0.05) is 29.3 Å². The fourth-order valence-electron chi connectivity index (χ4n) is 3.23. The normalized spacial score (nSPS) is 21.6. The highest BCUT2D eigenvalue weighted by molar-refractivity contribution is 7.92. The van der Waals surface area contributed by atoms with Crippen LogP contribution in [0, 0.1) is 0 Å². The van der Waals surface area contributed by atoms with Crippen molar-refractivity contribution in [2.45, 2.75) is 23.6 Å². The second-order valence-corrected chi connectivity index (χ2v) is 9.24. The summed E-state index contributed by atoms with van der Waals surface area (Å²) in [5.74, 6) is -0.0489. The lowest BCUT2D eigenvalue weighted by Gasteiger charge is -2.35. The van der Waals surface area contributed by atoms with Crippen LogP contribution in [0.1, 0.15) is 24.4 Å². The first-order valence-corrected chi connectivity index (χ1v) is 10.2. The van der Waals surface area contributed by atoms with Crippen LogP contribution < -0.4 is 15.4 Å². The van der Waals surface area contributed by atoms with Crippen molar-refractivity contribution in [3.05, 3.63) is 27.7 Å². The summed E-state index contributed by atoms with van der Waals surface area (Å²) in [6, 6.07) is 2.92. The first-order chi connectivity index (χ1) is 11.3. The molecule has 1 fully saturated rings. The number of nitrogens with one attached hydrogen (secondary N) is 2. The summed E-state index contributed by atoms with van der Waals surface area (Å²) in [4.78, 5) is 12.9. The molecule has 2 aliphatic heterocycles. The summed E-state index contributed by atoms with van der Waals surface area (Å²) in [6.45, 7) is 1.17. The molecule has 2 aliphatic rings. The molecule has 140 valence electrons. The molecule has 1 saturated heterocycles. The van der Waals surface area contributed by atoms with Crippen molar-refractivity contribution in [2.24, 2.45) is 0 Å². The Balaban J connectivity index is 0.00000225. The number of carbonyl (C=O) groups is 1. The van der Waals surface area contributed by atoms with E-state index in [4.69, 9.17) is 27.9 Å². The predicted molar refractivity (Wildman–Crippen MR) is 99.8 cm³/mol. The van der Waals surface area contributed by atoms with Gasteiger partial charge in [0.25, 0.3) is 0 Å². The fourth-order valence-corrected chi connectivity index (χ4v) is 4.95. The van der Waals surface area contributed by atoms with E-state index in [-0.39, 0.29) is 31.9 Å². The zero-order chi connectivity index (χ0) is 17.5. The third-order valence-electron chi connectivity index (χ3n) is 4.69. The summed E-state index contributed by atoms with van der Waals surface area (Å²) in [5.41, 5.74) is 0.704. The minimum absolute atomic E-state index is 0. The molecule has 0 spiro atoms. The molecule has 1 aromatic rings. The number of amides is 1. The number of carbonyl (C=O) groups excluding carboxylic acids is 1. The Bertz CT molecular complexity index is 779. The van der Waals surface area contributed by atoms with Gasteiger partial charge in [0.2, 0.25) is 5.91 Å². The Kier molecular flexibility index (Phi) is 6.16. The van der Waals surface area contributed by atoms with E-state index >= 15 is 0 Å². The summed E-state index contributed by atoms with van der Waals surface area (Å²) in [6.07, 6.45) is 1.62. The Morgan fingerprint density at radius 2 is 1.96 bits per heavy atom. The minimum atomic E-state index is -3.56. The van der Waals surface area contributed by atoms with E-state index in [0.717, 1.165) is 6.26 Å². The highest BCUT2D eigenvalue weighted by atomic mass is 35.5. The Morgan fingerprint density at radius 3 is 2.56 bits per heavy atom. The number of fused-ring (bicyclic) bond motifs is 1. The summed E-state index contributed by atoms with van der Waals surface area (Å²) in [5, 5.41) is 6.58. The molecule has 0 saturated carbocycles. The lowest BCUT2D eigenvalue weighted by atomic mass is 9.95. The molecule has 1 atom stereocenters. The van der Waals surface area contributed by atoms with Gasteiger partial charge in [-0.15, -0.1) is 12.4 Å². The van der Waals surface area contributed by atoms with Gasteiger partial charge in [0, 0.05) is 11.8 Å². The second kappa shape index (κ2) is 7.48. The van der Waals surface area contributed by atoms with Gasteiger partial charge in [-0.2, -0.15) is 0 Å². The zero-order valence-corrected chi connectivity index (χ0v) is 16.6. The number of ether oxygens (including phenoxy) is 1. The molecule has 0 aromatic heterocycles. The zero-order valence-electron chi connectivity index (χ0n) is 13.5. The van der Waals surface area contributed by atoms with Crippen LogP contribution in [0.15, 0.2) is 12.1 Å². The molecule has 1 aromatic carbocycles. The number of hydrogen-bond acceptors (Lipinski definition) is 5. The SMILES string of the molecule is CS(=O)(=O)C1(C(=O)NC2COc3c2ccc(Cl)c3Cl)CCNCC1.Cl. The fraction of sp³-hybridized carbons (Fsp3) is 0.533. The van der Waals surface area contributed by atoms with Crippen LogP contribution in [0.25, 0.3) is 0 Å². The van der Waals surface area contributed by atoms with Gasteiger partial charge in [-0.05, 0) is 32.0 Å². The van der Waals surface area contributed by atoms with Gasteiger partial charge in [0.15, 0.2) is 14.6 Å². The number of piperidine rings is 1. The predicted octanol–water partition coefficient (Wildman–Crippen LogP) is 2.13. The molecule has 0 aliphatic carbocycles. The van der Waals surface area contributed by atoms with Gasteiger partial charge in [0.05, 0.1) is 11.1 Å². The van der Waals surface area contributed by atoms with E-state index in [9.17, 15) is 13.2 Å². The molecule has 2 heterocycles. The third kappa shape index (κ3) is 3.57. The third-order valence-corrected chi connectivity index (χ3v) is 7.49. The number of halogens is 3. The highest BCUT2D eigenvalue weighted by Gasteiger charge is 2.49. The average Bonchev–Trinajstić information content (AvgIpc) is 2.94. The van der Waals surface area contributed by atoms with E-state index in [1.54, 1.807) is 12.1 Å². The Hall–Kier alpha value is -0.730. The van der Waals surface area contributed by atoms with Crippen LogP contribution in [0.3, 0.4) is 0 Å². The average molecular weight is 430 g/mol. The van der Waals surface area contributed by atoms with Gasteiger partial charge in [0.1, 0.15) is 17.4 Å². The lowest BCUT2D eigenvalue weighted by Crippen LogP contribution is -2.57. The number of hydrogen-bond donors (Lipinski definition) is 2. The van der Waals surface area contributed by atoms with Gasteiger partial charge < -0.3 is 15.4 Å². The standard InChI is InChI=1S/C15H18Cl2N2O4S.ClH/c1-24(21,22)15(4-6-18-7-5-15)14(20)19-11-8-23-13-9(11)2-3-10(16)12(13)17;/h2-3,11,18H,4-8H2,1H3,(H,19,20);1H. The van der Waals surface area contributed by atoms with Gasteiger partial charge in [-0.3, -0.25) is 4.79 Å². The van der Waals surface area contributed by atoms with Crippen molar-refractivity contribution in [2.75, 3.05) is 26.0 Å². The maximum Gasteiger partial charge on any atom is 0.242 e. The minimum Gasteiger partial charge on any atom is -0.489 e. The maximum atomic E-state index is 12.9. The molecule has 0 bridgehead atoms. The van der Waals surface area contributed by atoms with Crippen molar-refractivity contribution in [1.82, 2.24) is 10.6 Å². The van der Waals surface area contributed by atoms with Crippen molar-refractivity contribution in [1.29, 1.82) is 0 Å². The van der Waals surface area contributed by atoms with E-state index in [0.29, 0.717) is 34.4 Å². The quantitative estimate of drug-likeness (QED) is 0.769. The van der Waals surface area contributed by atoms with Crippen LogP contribution in [0.5, 0.6) is 5.75 Å². The number of rotatable bonds is 3. The van der Waals surface area contributed by atoms with Crippen LogP contribution in [-0.2, 0) is 14.6 Å². The van der Waals surface area contributed by atoms with Gasteiger partial charge >= 0.3 is 0 Å². The second-order valence-electron chi connectivity index (χ2n) is 6.13. The molecule has 25 heavy (non-hydrogen) atoms. The monoisotopic (exact) mass is 428 g/mol. The molecular weight excluding hydrogens is 411 g/mol. The molecule has 6 nitrogen and oxygen atoms in total. The van der Waals surface area contributed by atoms with Crippen molar-refractivity contribution >= 4 is 51.4 Å². The summed E-state index contributed by atoms with van der Waals surface area (Å²) >= 11 is 12.1. The van der Waals surface area contributed by atoms with E-state index in [1.807, 2.05) is 0 Å². The lowest BCUT2D eigenvalue weighted by molar-refractivity contribution is -0.125. The van der Waals surface area contributed by atoms with Crippen LogP contribution in [0.2, 0.25) is 10.0 Å². The molecule has 1 unspecified atom stereocenters. The Labute approximate surface area is 162 Å². The first-order valence-electron chi connectivity index (χ1n) is 7.58. The van der Waals surface area contributed by atoms with E-state index in [1.165, 1.54) is 0 Å². The Morgan fingerprint density at radius 1 is 1.32 bits per heavy atom. The molecule has 0 radical (unpaired) electrons. The highest BCUT2D eigenvalue weighted by Crippen LogP contribution is 2.42.